The van der Waals surface area contributed by atoms with Crippen molar-refractivity contribution in [3.63, 3.8) is 0 Å². The minimum absolute atomic E-state index is 0.248. The number of benzene rings is 2. The SMILES string of the molecule is C=CNCCc1cc2c(c(-c3ccc(F)cc3)n1)OCC2.CC.CNC1CC1.COc1cc(C)ccc1OC1CC1.CS. The molecule has 0 spiro atoms. The van der Waals surface area contributed by atoms with Crippen LogP contribution in [-0.4, -0.2) is 50.7 Å². The van der Waals surface area contributed by atoms with Gasteiger partial charge in [0, 0.05) is 42.2 Å². The zero-order chi connectivity index (χ0) is 31.6. The number of ether oxygens (including phenoxy) is 3. The van der Waals surface area contributed by atoms with Gasteiger partial charge < -0.3 is 24.8 Å². The number of methoxy groups -OCH3 is 1. The third kappa shape index (κ3) is 12.5. The van der Waals surface area contributed by atoms with E-state index in [1.54, 1.807) is 31.7 Å². The Hall–Kier alpha value is -3.23. The first-order valence-electron chi connectivity index (χ1n) is 15.2. The van der Waals surface area contributed by atoms with Crippen LogP contribution < -0.4 is 24.8 Å². The highest BCUT2D eigenvalue weighted by Gasteiger charge is 2.24. The molecule has 0 amide bonds. The maximum absolute atomic E-state index is 13.1. The third-order valence-corrected chi connectivity index (χ3v) is 6.63. The van der Waals surface area contributed by atoms with Gasteiger partial charge in [-0.05, 0) is 100 Å². The number of hydrogen-bond acceptors (Lipinski definition) is 7. The van der Waals surface area contributed by atoms with Crippen LogP contribution in [0.1, 0.15) is 56.4 Å². The first-order chi connectivity index (χ1) is 21.0. The lowest BCUT2D eigenvalue weighted by Gasteiger charge is -2.10. The summed E-state index contributed by atoms with van der Waals surface area (Å²) in [6, 6.07) is 15.4. The molecule has 2 fully saturated rings. The molecule has 1 aromatic heterocycles. The van der Waals surface area contributed by atoms with Gasteiger partial charge in [0.15, 0.2) is 11.5 Å². The van der Waals surface area contributed by atoms with Crippen molar-refractivity contribution in [1.29, 1.82) is 0 Å². The lowest BCUT2D eigenvalue weighted by molar-refractivity contribution is 0.282. The van der Waals surface area contributed by atoms with Crippen molar-refractivity contribution in [3.8, 4) is 28.5 Å². The van der Waals surface area contributed by atoms with Crippen LogP contribution in [0.5, 0.6) is 17.2 Å². The highest BCUT2D eigenvalue weighted by Crippen LogP contribution is 2.36. The van der Waals surface area contributed by atoms with Crippen LogP contribution in [0.3, 0.4) is 0 Å². The van der Waals surface area contributed by atoms with E-state index >= 15 is 0 Å². The molecule has 236 valence electrons. The van der Waals surface area contributed by atoms with Crippen LogP contribution in [-0.2, 0) is 12.8 Å². The number of nitrogens with zero attached hydrogens (tertiary/aromatic N) is 1. The Kier molecular flexibility index (Phi) is 16.6. The Bertz CT molecular complexity index is 1230. The highest BCUT2D eigenvalue weighted by molar-refractivity contribution is 7.79. The monoisotopic (exact) mass is 611 g/mol. The van der Waals surface area contributed by atoms with Gasteiger partial charge in [0.1, 0.15) is 17.3 Å². The van der Waals surface area contributed by atoms with Crippen molar-refractivity contribution in [2.75, 3.05) is 33.6 Å². The molecule has 2 heterocycles. The molecular formula is C35H50FN3O3S. The van der Waals surface area contributed by atoms with Gasteiger partial charge >= 0.3 is 0 Å². The number of rotatable bonds is 9. The molecule has 1 aliphatic heterocycles. The molecule has 0 atom stereocenters. The van der Waals surface area contributed by atoms with Gasteiger partial charge in [0.2, 0.25) is 0 Å². The van der Waals surface area contributed by atoms with Gasteiger partial charge in [0.05, 0.1) is 19.8 Å². The molecule has 8 heteroatoms. The maximum Gasteiger partial charge on any atom is 0.161 e. The molecule has 2 saturated carbocycles. The van der Waals surface area contributed by atoms with Crippen LogP contribution in [0.15, 0.2) is 61.3 Å². The number of aryl methyl sites for hydroxylation is 1. The predicted octanol–water partition coefficient (Wildman–Crippen LogP) is 7.58. The number of thiol groups is 1. The molecule has 0 unspecified atom stereocenters. The normalized spacial score (nSPS) is 13.9. The van der Waals surface area contributed by atoms with Gasteiger partial charge in [0.25, 0.3) is 0 Å². The van der Waals surface area contributed by atoms with Crippen LogP contribution in [0.25, 0.3) is 11.3 Å². The number of fused-ring (bicyclic) bond motifs is 1. The second-order valence-corrected chi connectivity index (χ2v) is 10.00. The van der Waals surface area contributed by atoms with E-state index in [2.05, 4.69) is 35.9 Å². The number of hydrogen-bond donors (Lipinski definition) is 3. The molecule has 43 heavy (non-hydrogen) atoms. The maximum atomic E-state index is 13.1. The molecule has 2 aliphatic carbocycles. The zero-order valence-electron chi connectivity index (χ0n) is 26.7. The van der Waals surface area contributed by atoms with Gasteiger partial charge in [-0.15, -0.1) is 0 Å². The Labute approximate surface area is 263 Å². The molecule has 2 N–H and O–H groups in total. The topological polar surface area (TPSA) is 64.6 Å². The minimum atomic E-state index is -0.248. The van der Waals surface area contributed by atoms with Gasteiger partial charge in [-0.2, -0.15) is 12.6 Å². The number of nitrogens with one attached hydrogen (secondary N) is 2. The van der Waals surface area contributed by atoms with E-state index in [-0.39, 0.29) is 5.82 Å². The minimum Gasteiger partial charge on any atom is -0.493 e. The zero-order valence-corrected chi connectivity index (χ0v) is 27.6. The van der Waals surface area contributed by atoms with E-state index < -0.39 is 0 Å². The molecule has 0 bridgehead atoms. The lowest BCUT2D eigenvalue weighted by atomic mass is 10.0. The summed E-state index contributed by atoms with van der Waals surface area (Å²) in [4.78, 5) is 4.69. The molecule has 6 nitrogen and oxygen atoms in total. The third-order valence-electron chi connectivity index (χ3n) is 6.63. The molecule has 3 aliphatic rings. The van der Waals surface area contributed by atoms with Crippen molar-refractivity contribution >= 4 is 12.6 Å². The largest absolute Gasteiger partial charge is 0.493 e. The number of aromatic nitrogens is 1. The van der Waals surface area contributed by atoms with Crippen molar-refractivity contribution < 1.29 is 18.6 Å². The molecule has 3 aromatic rings. The standard InChI is InChI=1S/C17H17FN2O.C11H14O2.C4H9N.C2H6.CH4S/c1-2-19-9-7-15-11-13-8-10-21-17(13)16(20-15)12-3-5-14(18)6-4-12;1-8-3-6-10(11(7-8)12-2)13-9-4-5-9;1-5-4-2-3-4;2*1-2/h2-6,11,19H,1,7-10H2;3,6-7,9H,4-5H2,1-2H3;4-5H,2-3H2,1H3;1-2H3;2H,1H3. The van der Waals surface area contributed by atoms with Crippen LogP contribution in [0.2, 0.25) is 0 Å². The van der Waals surface area contributed by atoms with E-state index in [0.717, 1.165) is 59.6 Å². The average Bonchev–Trinajstić information content (AvgIpc) is 3.99. The lowest BCUT2D eigenvalue weighted by Crippen LogP contribution is -2.10. The van der Waals surface area contributed by atoms with E-state index in [0.29, 0.717) is 12.7 Å². The molecular weight excluding hydrogens is 561 g/mol. The smallest absolute Gasteiger partial charge is 0.161 e. The number of halogens is 1. The van der Waals surface area contributed by atoms with Crippen molar-refractivity contribution in [2.45, 2.75) is 71.4 Å². The fourth-order valence-electron chi connectivity index (χ4n) is 4.10. The quantitative estimate of drug-likeness (QED) is 0.171. The Morgan fingerprint density at radius 3 is 2.30 bits per heavy atom. The van der Waals surface area contributed by atoms with Crippen LogP contribution in [0.4, 0.5) is 4.39 Å². The Morgan fingerprint density at radius 2 is 1.74 bits per heavy atom. The van der Waals surface area contributed by atoms with E-state index in [9.17, 15) is 4.39 Å². The summed E-state index contributed by atoms with van der Waals surface area (Å²) in [7, 11) is 3.69. The highest BCUT2D eigenvalue weighted by atomic mass is 32.1. The summed E-state index contributed by atoms with van der Waals surface area (Å²) in [6.07, 6.45) is 10.7. The van der Waals surface area contributed by atoms with E-state index in [1.807, 2.05) is 46.0 Å². The molecule has 0 saturated heterocycles. The summed E-state index contributed by atoms with van der Waals surface area (Å²) in [6.45, 7) is 11.2. The van der Waals surface area contributed by atoms with Crippen molar-refractivity contribution in [3.05, 3.63) is 83.9 Å². The van der Waals surface area contributed by atoms with Gasteiger partial charge in [-0.25, -0.2) is 9.37 Å². The van der Waals surface area contributed by atoms with Crippen molar-refractivity contribution in [1.82, 2.24) is 15.6 Å². The molecule has 0 radical (unpaired) electrons. The fraction of sp³-hybridized carbons (Fsp3) is 0.457. The average molecular weight is 612 g/mol. The fourth-order valence-corrected chi connectivity index (χ4v) is 4.10. The summed E-state index contributed by atoms with van der Waals surface area (Å²) < 4.78 is 29.7. The van der Waals surface area contributed by atoms with Gasteiger partial charge in [-0.3, -0.25) is 0 Å². The molecule has 6 rings (SSSR count). The van der Waals surface area contributed by atoms with E-state index in [4.69, 9.17) is 19.2 Å². The predicted molar refractivity (Wildman–Crippen MR) is 180 cm³/mol. The van der Waals surface area contributed by atoms with Gasteiger partial charge in [-0.1, -0.05) is 26.5 Å². The Morgan fingerprint density at radius 1 is 1.05 bits per heavy atom. The first-order valence-corrected chi connectivity index (χ1v) is 16.1. The summed E-state index contributed by atoms with van der Waals surface area (Å²) in [5.41, 5.74) is 5.07. The number of pyridine rings is 1. The summed E-state index contributed by atoms with van der Waals surface area (Å²) in [5.74, 6) is 2.30. The summed E-state index contributed by atoms with van der Waals surface area (Å²) in [5, 5.41) is 6.21. The second-order valence-electron chi connectivity index (χ2n) is 10.00. The second kappa shape index (κ2) is 19.9. The summed E-state index contributed by atoms with van der Waals surface area (Å²) >= 11 is 3.53. The van der Waals surface area contributed by atoms with E-state index in [1.165, 1.54) is 48.9 Å². The van der Waals surface area contributed by atoms with Crippen LogP contribution in [0, 0.1) is 12.7 Å². The van der Waals surface area contributed by atoms with Crippen LogP contribution >= 0.6 is 12.6 Å². The first kappa shape index (κ1) is 36.0. The molecule has 2 aromatic carbocycles. The van der Waals surface area contributed by atoms with Crippen molar-refractivity contribution in [2.24, 2.45) is 0 Å². The Balaban J connectivity index is 0.000000248.